The second kappa shape index (κ2) is 6.13. The van der Waals surface area contributed by atoms with Gasteiger partial charge in [0.05, 0.1) is 0 Å². The Balaban J connectivity index is 4.76. The van der Waals surface area contributed by atoms with E-state index in [4.69, 9.17) is 8.85 Å². The van der Waals surface area contributed by atoms with Crippen LogP contribution in [0.1, 0.15) is 13.8 Å². The second-order valence-electron chi connectivity index (χ2n) is 4.96. The first-order chi connectivity index (χ1) is 6.11. The average Bonchev–Trinajstić information content (AvgIpc) is 1.97. The van der Waals surface area contributed by atoms with Gasteiger partial charge in [-0.05, 0) is 0 Å². The van der Waals surface area contributed by atoms with Gasteiger partial charge in [-0.2, -0.15) is 0 Å². The SMILES string of the molecule is C[O+]=C(O[Si](C)(C)C)[C](C)(C)[Hg-]([I])[I]. The van der Waals surface area contributed by atoms with E-state index in [-0.39, 0.29) is 2.92 Å². The molecule has 0 aromatic rings. The van der Waals surface area contributed by atoms with Crippen LogP contribution < -0.4 is 0 Å². The minimum absolute atomic E-state index is 0.186. The molecule has 14 heavy (non-hydrogen) atoms. The van der Waals surface area contributed by atoms with E-state index in [0.29, 0.717) is 0 Å². The van der Waals surface area contributed by atoms with Crippen molar-refractivity contribution in [3.63, 3.8) is 0 Å². The molecule has 0 aromatic heterocycles. The van der Waals surface area contributed by atoms with Gasteiger partial charge in [0.15, 0.2) is 0 Å². The van der Waals surface area contributed by atoms with Gasteiger partial charge in [-0.15, -0.1) is 0 Å². The third-order valence-electron chi connectivity index (χ3n) is 1.81. The molecule has 0 saturated heterocycles. The molecule has 0 saturated carbocycles. The van der Waals surface area contributed by atoms with Crippen LogP contribution >= 0.6 is 35.3 Å². The number of halogens is 2. The van der Waals surface area contributed by atoms with Crippen LogP contribution in [-0.4, -0.2) is 21.4 Å². The van der Waals surface area contributed by atoms with Crippen molar-refractivity contribution in [2.24, 2.45) is 0 Å². The summed E-state index contributed by atoms with van der Waals surface area (Å²) in [4.78, 5) is 0. The molecule has 0 atom stereocenters. The molecule has 0 fully saturated rings. The van der Waals surface area contributed by atoms with Gasteiger partial charge in [0.1, 0.15) is 0 Å². The molecule has 0 aromatic carbocycles. The van der Waals surface area contributed by atoms with Crippen molar-refractivity contribution in [2.75, 3.05) is 7.11 Å². The van der Waals surface area contributed by atoms with Gasteiger partial charge in [-0.3, -0.25) is 0 Å². The average molecular weight is 629 g/mol. The van der Waals surface area contributed by atoms with E-state index >= 15 is 0 Å². The normalized spacial score (nSPS) is 14.1. The molecular formula is C8H18HgI2O2Si. The molecular weight excluding hydrogens is 611 g/mol. The van der Waals surface area contributed by atoms with E-state index in [1.54, 1.807) is 7.11 Å². The summed E-state index contributed by atoms with van der Waals surface area (Å²) in [5, 5.41) is 0. The zero-order valence-electron chi connectivity index (χ0n) is 9.78. The third-order valence-corrected chi connectivity index (χ3v) is 42.4. The molecule has 82 valence electrons. The van der Waals surface area contributed by atoms with Gasteiger partial charge >= 0.3 is 116 Å². The van der Waals surface area contributed by atoms with Crippen LogP contribution in [0, 0.1) is 0 Å². The van der Waals surface area contributed by atoms with Crippen molar-refractivity contribution in [1.82, 2.24) is 0 Å². The molecule has 0 rings (SSSR count). The molecule has 0 heterocycles. The predicted octanol–water partition coefficient (Wildman–Crippen LogP) is 4.05. The van der Waals surface area contributed by atoms with Crippen LogP contribution in [0.15, 0.2) is 0 Å². The molecule has 0 N–H and O–H groups in total. The van der Waals surface area contributed by atoms with E-state index < -0.39 is 22.7 Å². The Kier molecular flexibility index (Phi) is 7.05. The molecule has 0 aliphatic rings. The Morgan fingerprint density at radius 3 is 1.93 bits per heavy atom. The van der Waals surface area contributed by atoms with Gasteiger partial charge in [0.2, 0.25) is 0 Å². The van der Waals surface area contributed by atoms with Crippen LogP contribution in [0.4, 0.5) is 0 Å². The summed E-state index contributed by atoms with van der Waals surface area (Å²) in [6, 6.07) is 0. The van der Waals surface area contributed by atoms with E-state index in [1.807, 2.05) is 0 Å². The number of hydrogen-bond donors (Lipinski definition) is 0. The summed E-state index contributed by atoms with van der Waals surface area (Å²) < 4.78 is 11.6. The maximum atomic E-state index is 5.99. The first-order valence-electron chi connectivity index (χ1n) is 4.66. The fourth-order valence-corrected chi connectivity index (χ4v) is 9.48. The summed E-state index contributed by atoms with van der Waals surface area (Å²) in [6.45, 7) is 11.1. The molecule has 0 aliphatic heterocycles. The number of carbonyl (C=O) groups excluding carboxylic acids is 1. The standard InChI is InChI=1S/C8H18O2Si.Hg.2HI/c1-7(2)8(9-3)10-11(4,5)6;;;/h1-6H3;;2*1H/q2*+1;;/p-2. The Morgan fingerprint density at radius 1 is 1.29 bits per heavy atom. The minimum atomic E-state index is -1.75. The quantitative estimate of drug-likeness (QED) is 0.263. The summed E-state index contributed by atoms with van der Waals surface area (Å²) in [6.07, 6.45) is 0. The molecule has 0 aliphatic carbocycles. The first-order valence-corrected chi connectivity index (χ1v) is 41.7. The van der Waals surface area contributed by atoms with Crippen molar-refractivity contribution in [3.8, 4) is 0 Å². The topological polar surface area (TPSA) is 20.5 Å². The van der Waals surface area contributed by atoms with Crippen LogP contribution in [0.5, 0.6) is 0 Å². The van der Waals surface area contributed by atoms with E-state index in [9.17, 15) is 0 Å². The van der Waals surface area contributed by atoms with Crippen molar-refractivity contribution >= 4 is 49.6 Å². The molecule has 0 bridgehead atoms. The monoisotopic (exact) mass is 630 g/mol. The zero-order chi connectivity index (χ0) is 11.6. The molecule has 0 radical (unpaired) electrons. The Bertz CT molecular complexity index is 224. The zero-order valence-corrected chi connectivity index (χ0v) is 20.6. The van der Waals surface area contributed by atoms with Gasteiger partial charge in [0, 0.05) is 0 Å². The van der Waals surface area contributed by atoms with Gasteiger partial charge < -0.3 is 0 Å². The fourth-order valence-electron chi connectivity index (χ4n) is 0.843. The number of rotatable bonds is 3. The van der Waals surface area contributed by atoms with Crippen LogP contribution in [-0.2, 0) is 23.2 Å². The maximum absolute atomic E-state index is 5.99. The van der Waals surface area contributed by atoms with Gasteiger partial charge in [-0.25, -0.2) is 0 Å². The molecule has 0 unspecified atom stereocenters. The van der Waals surface area contributed by atoms with Gasteiger partial charge in [-0.1, -0.05) is 0 Å². The van der Waals surface area contributed by atoms with Crippen molar-refractivity contribution < 1.29 is 23.2 Å². The second-order valence-corrected chi connectivity index (χ2v) is 71.5. The Hall–Kier alpha value is 2.08. The van der Waals surface area contributed by atoms with Crippen LogP contribution in [0.25, 0.3) is 0 Å². The molecule has 0 spiro atoms. The number of hydrogen-bond acceptors (Lipinski definition) is 1. The van der Waals surface area contributed by atoms with Crippen LogP contribution in [0.3, 0.4) is 0 Å². The van der Waals surface area contributed by atoms with Gasteiger partial charge in [0.25, 0.3) is 0 Å². The van der Waals surface area contributed by atoms with Crippen molar-refractivity contribution in [1.29, 1.82) is 0 Å². The molecule has 6 heteroatoms. The summed E-state index contributed by atoms with van der Waals surface area (Å²) in [5.74, 6) is 0.872. The first kappa shape index (κ1) is 16.1. The fraction of sp³-hybridized carbons (Fsp3) is 0.875. The summed E-state index contributed by atoms with van der Waals surface area (Å²) >= 11 is 3.51. The van der Waals surface area contributed by atoms with E-state index in [0.717, 1.165) is 5.97 Å². The Morgan fingerprint density at radius 2 is 1.71 bits per heavy atom. The summed E-state index contributed by atoms with van der Waals surface area (Å²) in [5.41, 5.74) is 0. The van der Waals surface area contributed by atoms with Crippen molar-refractivity contribution in [2.45, 2.75) is 36.4 Å². The third kappa shape index (κ3) is 5.42. The van der Waals surface area contributed by atoms with E-state index in [1.165, 1.54) is 0 Å². The Labute approximate surface area is 114 Å². The molecule has 2 nitrogen and oxygen atoms in total. The summed E-state index contributed by atoms with van der Waals surface area (Å²) in [7, 11) is 0.196. The van der Waals surface area contributed by atoms with Crippen LogP contribution in [0.2, 0.25) is 22.6 Å². The van der Waals surface area contributed by atoms with Crippen molar-refractivity contribution in [3.05, 3.63) is 0 Å². The van der Waals surface area contributed by atoms with E-state index in [2.05, 4.69) is 68.8 Å². The predicted molar refractivity (Wildman–Crippen MR) is 77.4 cm³/mol. The molecule has 0 amide bonds.